The van der Waals surface area contributed by atoms with E-state index in [0.717, 1.165) is 33.9 Å². The molecular weight excluding hydrogens is 351 g/mol. The fraction of sp³-hybridized carbons (Fsp3) is 0.200. The summed E-state index contributed by atoms with van der Waals surface area (Å²) in [5.74, 6) is -0.552. The van der Waals surface area contributed by atoms with E-state index in [9.17, 15) is 9.18 Å². The molecule has 0 radical (unpaired) electrons. The minimum Gasteiger partial charge on any atom is -0.481 e. The van der Waals surface area contributed by atoms with Gasteiger partial charge in [0.05, 0.1) is 10.7 Å². The zero-order chi connectivity index (χ0) is 18.1. The van der Waals surface area contributed by atoms with Gasteiger partial charge < -0.3 is 9.64 Å². The third-order valence-electron chi connectivity index (χ3n) is 4.38. The molecule has 0 aliphatic carbocycles. The summed E-state index contributed by atoms with van der Waals surface area (Å²) in [5.41, 5.74) is 4.03. The van der Waals surface area contributed by atoms with Crippen LogP contribution in [-0.2, 0) is 11.2 Å². The number of halogens is 1. The number of amides is 1. The molecule has 0 spiro atoms. The lowest BCUT2D eigenvalue weighted by Crippen LogP contribution is -2.33. The lowest BCUT2D eigenvalue weighted by Gasteiger charge is -2.18. The van der Waals surface area contributed by atoms with Gasteiger partial charge in [0, 0.05) is 23.2 Å². The number of fused-ring (bicyclic) bond motifs is 1. The predicted octanol–water partition coefficient (Wildman–Crippen LogP) is 4.23. The molecule has 0 saturated carbocycles. The molecule has 0 saturated heterocycles. The van der Waals surface area contributed by atoms with E-state index in [-0.39, 0.29) is 18.3 Å². The first-order valence-corrected chi connectivity index (χ1v) is 9.23. The topological polar surface area (TPSA) is 42.4 Å². The Hall–Kier alpha value is -2.73. The van der Waals surface area contributed by atoms with Gasteiger partial charge in [0.15, 0.2) is 18.2 Å². The van der Waals surface area contributed by atoms with Crippen LogP contribution in [0, 0.1) is 12.7 Å². The number of hydrogen-bond donors (Lipinski definition) is 0. The highest BCUT2D eigenvalue weighted by atomic mass is 32.1. The van der Waals surface area contributed by atoms with Crippen LogP contribution < -0.4 is 9.64 Å². The lowest BCUT2D eigenvalue weighted by molar-refractivity contribution is -0.120. The van der Waals surface area contributed by atoms with Gasteiger partial charge >= 0.3 is 0 Å². The molecule has 1 aromatic heterocycles. The van der Waals surface area contributed by atoms with Crippen LogP contribution in [0.4, 0.5) is 10.1 Å². The monoisotopic (exact) mass is 368 g/mol. The number of para-hydroxylation sites is 1. The molecule has 2 aromatic carbocycles. The summed E-state index contributed by atoms with van der Waals surface area (Å²) in [5, 5.41) is 3.07. The molecule has 3 aromatic rings. The zero-order valence-electron chi connectivity index (χ0n) is 14.2. The van der Waals surface area contributed by atoms with Crippen molar-refractivity contribution in [2.24, 2.45) is 0 Å². The molecule has 0 unspecified atom stereocenters. The number of hydrogen-bond acceptors (Lipinski definition) is 4. The Morgan fingerprint density at radius 3 is 2.92 bits per heavy atom. The maximum absolute atomic E-state index is 13.6. The second-order valence-corrected chi connectivity index (χ2v) is 7.17. The Morgan fingerprint density at radius 1 is 1.31 bits per heavy atom. The Balaban J connectivity index is 1.49. The van der Waals surface area contributed by atoms with E-state index in [4.69, 9.17) is 4.74 Å². The second kappa shape index (κ2) is 6.88. The van der Waals surface area contributed by atoms with E-state index >= 15 is 0 Å². The molecule has 4 rings (SSSR count). The molecule has 0 fully saturated rings. The van der Waals surface area contributed by atoms with E-state index in [1.165, 1.54) is 12.1 Å². The number of aromatic nitrogens is 1. The average molecular weight is 368 g/mol. The van der Waals surface area contributed by atoms with Gasteiger partial charge in [-0.2, -0.15) is 0 Å². The Kier molecular flexibility index (Phi) is 4.42. The zero-order valence-corrected chi connectivity index (χ0v) is 15.1. The van der Waals surface area contributed by atoms with E-state index in [0.29, 0.717) is 6.54 Å². The van der Waals surface area contributed by atoms with Gasteiger partial charge in [-0.3, -0.25) is 4.79 Å². The van der Waals surface area contributed by atoms with E-state index in [1.54, 1.807) is 28.4 Å². The fourth-order valence-electron chi connectivity index (χ4n) is 3.10. The first-order chi connectivity index (χ1) is 12.6. The van der Waals surface area contributed by atoms with Crippen molar-refractivity contribution in [3.63, 3.8) is 0 Å². The van der Waals surface area contributed by atoms with E-state index in [1.807, 2.05) is 24.4 Å². The maximum atomic E-state index is 13.6. The first-order valence-electron chi connectivity index (χ1n) is 8.35. The highest BCUT2D eigenvalue weighted by Gasteiger charge is 2.25. The highest BCUT2D eigenvalue weighted by Crippen LogP contribution is 2.33. The molecule has 1 aliphatic heterocycles. The Labute approximate surface area is 154 Å². The van der Waals surface area contributed by atoms with Crippen molar-refractivity contribution >= 4 is 22.9 Å². The Bertz CT molecular complexity index is 970. The van der Waals surface area contributed by atoms with Crippen LogP contribution in [0.3, 0.4) is 0 Å². The van der Waals surface area contributed by atoms with Crippen molar-refractivity contribution in [2.75, 3.05) is 18.1 Å². The summed E-state index contributed by atoms with van der Waals surface area (Å²) in [6, 6.07) is 12.1. The van der Waals surface area contributed by atoms with E-state index < -0.39 is 5.82 Å². The van der Waals surface area contributed by atoms with Crippen LogP contribution in [0.2, 0.25) is 0 Å². The number of thiazole rings is 1. The second-order valence-electron chi connectivity index (χ2n) is 6.11. The van der Waals surface area contributed by atoms with Crippen LogP contribution in [0.25, 0.3) is 11.3 Å². The van der Waals surface area contributed by atoms with Crippen molar-refractivity contribution < 1.29 is 13.9 Å². The summed E-state index contributed by atoms with van der Waals surface area (Å²) in [7, 11) is 0. The number of rotatable bonds is 4. The quantitative estimate of drug-likeness (QED) is 0.692. The van der Waals surface area contributed by atoms with Crippen LogP contribution in [-0.4, -0.2) is 24.0 Å². The van der Waals surface area contributed by atoms with Gasteiger partial charge in [-0.05, 0) is 43.2 Å². The number of carbonyl (C=O) groups excluding carboxylic acids is 1. The van der Waals surface area contributed by atoms with Crippen LogP contribution in [0.15, 0.2) is 47.8 Å². The largest absolute Gasteiger partial charge is 0.481 e. The first kappa shape index (κ1) is 16.7. The van der Waals surface area contributed by atoms with Gasteiger partial charge in [-0.1, -0.05) is 18.2 Å². The van der Waals surface area contributed by atoms with Crippen LogP contribution >= 0.6 is 11.3 Å². The molecule has 1 amide bonds. The van der Waals surface area contributed by atoms with Crippen molar-refractivity contribution in [1.29, 1.82) is 0 Å². The van der Waals surface area contributed by atoms with Gasteiger partial charge in [0.25, 0.3) is 5.91 Å². The summed E-state index contributed by atoms with van der Waals surface area (Å²) in [4.78, 5) is 18.7. The van der Waals surface area contributed by atoms with Gasteiger partial charge in [-0.15, -0.1) is 11.3 Å². The molecule has 1 aliphatic rings. The number of carbonyl (C=O) groups is 1. The summed E-state index contributed by atoms with van der Waals surface area (Å²) < 4.78 is 19.0. The number of aryl methyl sites for hydroxylation is 1. The van der Waals surface area contributed by atoms with Crippen molar-refractivity contribution in [3.05, 3.63) is 64.2 Å². The smallest absolute Gasteiger partial charge is 0.264 e. The number of ether oxygens (including phenoxy) is 1. The molecule has 2 heterocycles. The van der Waals surface area contributed by atoms with Crippen molar-refractivity contribution in [1.82, 2.24) is 4.98 Å². The Morgan fingerprint density at radius 2 is 2.15 bits per heavy atom. The molecular formula is C20H17FN2O2S. The maximum Gasteiger partial charge on any atom is 0.264 e. The van der Waals surface area contributed by atoms with Crippen LogP contribution in [0.1, 0.15) is 10.6 Å². The highest BCUT2D eigenvalue weighted by molar-refractivity contribution is 7.09. The molecule has 0 N–H and O–H groups in total. The lowest BCUT2D eigenvalue weighted by atomic mass is 10.1. The van der Waals surface area contributed by atoms with Gasteiger partial charge in [0.2, 0.25) is 0 Å². The standard InChI is InChI=1S/C20H17FN2O2S/c1-13-22-17(12-26-13)14-6-7-18-15(10-14)8-9-23(18)20(24)11-25-19-5-3-2-4-16(19)21/h2-7,10,12H,8-9,11H2,1H3. The molecule has 0 bridgehead atoms. The van der Waals surface area contributed by atoms with Gasteiger partial charge in [0.1, 0.15) is 0 Å². The molecule has 26 heavy (non-hydrogen) atoms. The van der Waals surface area contributed by atoms with Crippen molar-refractivity contribution in [3.8, 4) is 17.0 Å². The number of nitrogens with zero attached hydrogens (tertiary/aromatic N) is 2. The summed E-state index contributed by atoms with van der Waals surface area (Å²) in [6.07, 6.45) is 0.789. The average Bonchev–Trinajstić information content (AvgIpc) is 3.26. The SMILES string of the molecule is Cc1nc(-c2ccc3c(c2)CCN3C(=O)COc2ccccc2F)cs1. The normalized spacial score (nSPS) is 12.9. The van der Waals surface area contributed by atoms with Crippen LogP contribution in [0.5, 0.6) is 5.75 Å². The molecule has 4 nitrogen and oxygen atoms in total. The third-order valence-corrected chi connectivity index (χ3v) is 5.15. The molecule has 132 valence electrons. The van der Waals surface area contributed by atoms with Crippen molar-refractivity contribution in [2.45, 2.75) is 13.3 Å². The fourth-order valence-corrected chi connectivity index (χ4v) is 3.72. The number of anilines is 1. The molecule has 0 atom stereocenters. The molecule has 6 heteroatoms. The third kappa shape index (κ3) is 3.20. The summed E-state index contributed by atoms with van der Waals surface area (Å²) in [6.45, 7) is 2.40. The minimum atomic E-state index is -0.467. The minimum absolute atomic E-state index is 0.0921. The summed E-state index contributed by atoms with van der Waals surface area (Å²) >= 11 is 1.62. The number of benzene rings is 2. The van der Waals surface area contributed by atoms with E-state index in [2.05, 4.69) is 11.1 Å². The van der Waals surface area contributed by atoms with Gasteiger partial charge in [-0.25, -0.2) is 9.37 Å². The predicted molar refractivity (Wildman–Crippen MR) is 100 cm³/mol.